The molecule has 5 nitrogen and oxygen atoms in total. The zero-order valence-electron chi connectivity index (χ0n) is 16.1. The van der Waals surface area contributed by atoms with Gasteiger partial charge in [-0.25, -0.2) is 4.39 Å². The minimum Gasteiger partial charge on any atom is -0.334 e. The molecule has 0 aliphatic carbocycles. The maximum absolute atomic E-state index is 13.2. The molecule has 1 saturated heterocycles. The Morgan fingerprint density at radius 3 is 2.32 bits per heavy atom. The Balaban J connectivity index is 1.69. The number of carbonyl (C=O) groups excluding carboxylic acids is 2. The summed E-state index contributed by atoms with van der Waals surface area (Å²) in [6.07, 6.45) is 1.80. The first-order chi connectivity index (χ1) is 14.9. The van der Waals surface area contributed by atoms with Crippen LogP contribution in [0.1, 0.15) is 27.5 Å². The molecular formula is C23H17BrClFN3O2+. The number of benzene rings is 3. The van der Waals surface area contributed by atoms with Gasteiger partial charge in [-0.05, 0) is 60.7 Å². The fraction of sp³-hybridized carbons (Fsp3) is 0.0870. The van der Waals surface area contributed by atoms with E-state index in [2.05, 4.69) is 26.7 Å². The van der Waals surface area contributed by atoms with Gasteiger partial charge in [0.2, 0.25) is 12.3 Å². The number of carbonyl (C=O) groups is 2. The first-order valence-corrected chi connectivity index (χ1v) is 10.6. The summed E-state index contributed by atoms with van der Waals surface area (Å²) in [6, 6.07) is 18.5. The Hall–Kier alpha value is -3.03. The van der Waals surface area contributed by atoms with Gasteiger partial charge in [-0.3, -0.25) is 9.59 Å². The molecule has 0 bridgehead atoms. The molecule has 2 atom stereocenters. The van der Waals surface area contributed by atoms with Crippen molar-refractivity contribution in [3.05, 3.63) is 105 Å². The Morgan fingerprint density at radius 2 is 1.68 bits per heavy atom. The minimum absolute atomic E-state index is 0.263. The van der Waals surface area contributed by atoms with Crippen molar-refractivity contribution < 1.29 is 18.7 Å². The molecule has 0 unspecified atom stereocenters. The van der Waals surface area contributed by atoms with Crippen LogP contribution in [0.15, 0.2) is 77.3 Å². The van der Waals surface area contributed by atoms with Crippen LogP contribution < -0.4 is 10.7 Å². The second kappa shape index (κ2) is 8.99. The van der Waals surface area contributed by atoms with E-state index >= 15 is 0 Å². The van der Waals surface area contributed by atoms with Gasteiger partial charge in [0.25, 0.3) is 5.91 Å². The summed E-state index contributed by atoms with van der Waals surface area (Å²) >= 11 is 9.44. The number of rotatable bonds is 4. The van der Waals surface area contributed by atoms with Gasteiger partial charge < -0.3 is 5.32 Å². The van der Waals surface area contributed by atoms with Gasteiger partial charge >= 0.3 is 5.91 Å². The molecule has 0 radical (unpaired) electrons. The van der Waals surface area contributed by atoms with Crippen LogP contribution in [0.4, 0.5) is 4.39 Å². The molecule has 0 spiro atoms. The van der Waals surface area contributed by atoms with Crippen molar-refractivity contribution in [3.63, 3.8) is 0 Å². The predicted octanol–water partition coefficient (Wildman–Crippen LogP) is 4.26. The number of hydrazine groups is 1. The van der Waals surface area contributed by atoms with E-state index in [1.54, 1.807) is 23.0 Å². The molecule has 1 fully saturated rings. The van der Waals surface area contributed by atoms with Gasteiger partial charge in [0.05, 0.1) is 0 Å². The Kier molecular flexibility index (Phi) is 6.15. The van der Waals surface area contributed by atoms with E-state index in [1.165, 1.54) is 24.3 Å². The van der Waals surface area contributed by atoms with Crippen LogP contribution in [0, 0.1) is 5.82 Å². The van der Waals surface area contributed by atoms with E-state index < -0.39 is 23.8 Å². The van der Waals surface area contributed by atoms with E-state index in [9.17, 15) is 14.0 Å². The van der Waals surface area contributed by atoms with Crippen LogP contribution in [0.5, 0.6) is 0 Å². The second-order valence-electron chi connectivity index (χ2n) is 7.02. The standard InChI is InChI=1S/C23H16BrClFN3O2/c24-17-7-1-14(2-8-17)13-29-21(15-3-9-18(25)10-4-15)20(23(31)28-29)27-22(30)16-5-11-19(26)12-6-16/h1-13,20-21H,(H-,27,28,30,31)/p+1/b29-13-/t20-,21+/m0/s1. The number of halogens is 3. The molecule has 3 aromatic rings. The van der Waals surface area contributed by atoms with Gasteiger partial charge in [0.1, 0.15) is 5.82 Å². The average Bonchev–Trinajstić information content (AvgIpc) is 3.05. The molecule has 31 heavy (non-hydrogen) atoms. The van der Waals surface area contributed by atoms with E-state index in [0.717, 1.165) is 15.6 Å². The van der Waals surface area contributed by atoms with Crippen molar-refractivity contribution in [2.45, 2.75) is 12.1 Å². The quantitative estimate of drug-likeness (QED) is 0.525. The number of nitrogens with one attached hydrogen (secondary N) is 2. The van der Waals surface area contributed by atoms with E-state index in [1.807, 2.05) is 36.4 Å². The van der Waals surface area contributed by atoms with Crippen molar-refractivity contribution in [1.29, 1.82) is 0 Å². The van der Waals surface area contributed by atoms with E-state index in [-0.39, 0.29) is 11.5 Å². The zero-order chi connectivity index (χ0) is 22.0. The van der Waals surface area contributed by atoms with Crippen LogP contribution in [-0.4, -0.2) is 28.8 Å². The van der Waals surface area contributed by atoms with Crippen LogP contribution in [0.25, 0.3) is 0 Å². The summed E-state index contributed by atoms with van der Waals surface area (Å²) in [5.41, 5.74) is 4.74. The topological polar surface area (TPSA) is 61.2 Å². The second-order valence-corrected chi connectivity index (χ2v) is 8.37. The lowest BCUT2D eigenvalue weighted by atomic mass is 10.00. The summed E-state index contributed by atoms with van der Waals surface area (Å²) in [5.74, 6) is -1.27. The van der Waals surface area contributed by atoms with Gasteiger partial charge in [-0.2, -0.15) is 0 Å². The molecule has 2 N–H and O–H groups in total. The average molecular weight is 502 g/mol. The normalized spacial score (nSPS) is 19.3. The summed E-state index contributed by atoms with van der Waals surface area (Å²) in [5, 5.41) is 3.34. The van der Waals surface area contributed by atoms with Crippen molar-refractivity contribution in [3.8, 4) is 0 Å². The molecule has 156 valence electrons. The summed E-state index contributed by atoms with van der Waals surface area (Å²) in [4.78, 5) is 25.5. The van der Waals surface area contributed by atoms with Crippen LogP contribution in [0.2, 0.25) is 5.02 Å². The SMILES string of the molecule is O=C(N[C@@H]1C(=O)N/[N+](=C\c2ccc(Br)cc2)[C@@H]1c1ccc(Cl)cc1)c1ccc(F)cc1. The zero-order valence-corrected chi connectivity index (χ0v) is 18.4. The largest absolute Gasteiger partial charge is 0.334 e. The van der Waals surface area contributed by atoms with E-state index in [4.69, 9.17) is 11.6 Å². The molecular weight excluding hydrogens is 485 g/mol. The number of hydrazone groups is 1. The smallest absolute Gasteiger partial charge is 0.304 e. The molecule has 2 amide bonds. The fourth-order valence-corrected chi connectivity index (χ4v) is 3.77. The third-order valence-corrected chi connectivity index (χ3v) is 5.68. The first-order valence-electron chi connectivity index (χ1n) is 9.42. The van der Waals surface area contributed by atoms with Crippen molar-refractivity contribution in [2.24, 2.45) is 0 Å². The van der Waals surface area contributed by atoms with Crippen molar-refractivity contribution >= 4 is 45.6 Å². The third kappa shape index (κ3) is 4.84. The molecule has 8 heteroatoms. The molecule has 1 aliphatic rings. The Bertz CT molecular complexity index is 1150. The molecule has 1 heterocycles. The van der Waals surface area contributed by atoms with Gasteiger partial charge in [0, 0.05) is 26.2 Å². The molecule has 0 aromatic heterocycles. The van der Waals surface area contributed by atoms with Crippen LogP contribution in [-0.2, 0) is 4.79 Å². The highest BCUT2D eigenvalue weighted by Crippen LogP contribution is 2.27. The summed E-state index contributed by atoms with van der Waals surface area (Å²) in [7, 11) is 0. The summed E-state index contributed by atoms with van der Waals surface area (Å²) in [6.45, 7) is 0. The molecule has 1 aliphatic heterocycles. The number of nitrogens with zero attached hydrogens (tertiary/aromatic N) is 1. The maximum atomic E-state index is 13.2. The number of amides is 2. The minimum atomic E-state index is -0.870. The molecule has 0 saturated carbocycles. The lowest BCUT2D eigenvalue weighted by Crippen LogP contribution is -2.42. The maximum Gasteiger partial charge on any atom is 0.304 e. The van der Waals surface area contributed by atoms with Gasteiger partial charge in [0.15, 0.2) is 6.04 Å². The first kappa shape index (κ1) is 21.2. The highest BCUT2D eigenvalue weighted by Gasteiger charge is 2.47. The molecule has 4 rings (SSSR count). The Labute approximate surface area is 191 Å². The van der Waals surface area contributed by atoms with Crippen molar-refractivity contribution in [1.82, 2.24) is 10.7 Å². The van der Waals surface area contributed by atoms with Crippen LogP contribution in [0.3, 0.4) is 0 Å². The van der Waals surface area contributed by atoms with Gasteiger partial charge in [-0.1, -0.05) is 39.7 Å². The highest BCUT2D eigenvalue weighted by molar-refractivity contribution is 9.10. The number of hydrogen-bond acceptors (Lipinski definition) is 2. The summed E-state index contributed by atoms with van der Waals surface area (Å²) < 4.78 is 15.8. The van der Waals surface area contributed by atoms with Gasteiger partial charge in [-0.15, -0.1) is 10.1 Å². The molecule has 3 aromatic carbocycles. The highest BCUT2D eigenvalue weighted by atomic mass is 79.9. The van der Waals surface area contributed by atoms with E-state index in [0.29, 0.717) is 5.02 Å². The number of hydrogen-bond donors (Lipinski definition) is 2. The van der Waals surface area contributed by atoms with Crippen LogP contribution >= 0.6 is 27.5 Å². The monoisotopic (exact) mass is 500 g/mol. The predicted molar refractivity (Wildman–Crippen MR) is 120 cm³/mol. The third-order valence-electron chi connectivity index (χ3n) is 4.90. The Morgan fingerprint density at radius 1 is 1.03 bits per heavy atom. The fourth-order valence-electron chi connectivity index (χ4n) is 3.38. The lowest BCUT2D eigenvalue weighted by molar-refractivity contribution is -0.596. The lowest BCUT2D eigenvalue weighted by Gasteiger charge is -2.15. The van der Waals surface area contributed by atoms with Crippen molar-refractivity contribution in [2.75, 3.05) is 0 Å².